The Morgan fingerprint density at radius 1 is 1.07 bits per heavy atom. The van der Waals surface area contributed by atoms with Crippen LogP contribution in [0.2, 0.25) is 5.02 Å². The van der Waals surface area contributed by atoms with E-state index in [1.54, 1.807) is 49.4 Å². The fraction of sp³-hybridized carbons (Fsp3) is 0.211. The summed E-state index contributed by atoms with van der Waals surface area (Å²) in [7, 11) is 1.48. The number of methoxy groups -OCH3 is 1. The molecule has 2 aromatic rings. The van der Waals surface area contributed by atoms with Crippen molar-refractivity contribution in [3.8, 4) is 5.75 Å². The highest BCUT2D eigenvalue weighted by atomic mass is 35.5. The Balaban J connectivity index is 2.06. The summed E-state index contributed by atoms with van der Waals surface area (Å²) in [6.45, 7) is 2.93. The molecular formula is C19H20ClN3O4. The fourth-order valence-corrected chi connectivity index (χ4v) is 2.53. The molecule has 1 atom stereocenters. The molecule has 2 rings (SSSR count). The smallest absolute Gasteiger partial charge is 0.253 e. The Hall–Kier alpha value is -3.06. The summed E-state index contributed by atoms with van der Waals surface area (Å²) in [6.07, 6.45) is 0. The number of rotatable bonds is 6. The number of carbonyl (C=O) groups excluding carboxylic acids is 3. The molecule has 3 amide bonds. The second-order valence-electron chi connectivity index (χ2n) is 5.76. The fourth-order valence-electron chi connectivity index (χ4n) is 2.31. The van der Waals surface area contributed by atoms with E-state index in [0.717, 1.165) is 0 Å². The number of benzene rings is 2. The lowest BCUT2D eigenvalue weighted by atomic mass is 10.2. The molecule has 27 heavy (non-hydrogen) atoms. The van der Waals surface area contributed by atoms with Crippen LogP contribution in [0.1, 0.15) is 24.2 Å². The number of halogens is 1. The van der Waals surface area contributed by atoms with Crippen LogP contribution in [-0.4, -0.2) is 30.9 Å². The number of hydrogen-bond acceptors (Lipinski definition) is 4. The van der Waals surface area contributed by atoms with Gasteiger partial charge < -0.3 is 20.7 Å². The second kappa shape index (κ2) is 9.05. The first-order valence-corrected chi connectivity index (χ1v) is 8.51. The predicted octanol–water partition coefficient (Wildman–Crippen LogP) is 3.06. The Labute approximate surface area is 162 Å². The highest BCUT2D eigenvalue weighted by molar-refractivity contribution is 6.33. The van der Waals surface area contributed by atoms with Gasteiger partial charge in [0.1, 0.15) is 11.8 Å². The van der Waals surface area contributed by atoms with Gasteiger partial charge in [-0.05, 0) is 37.3 Å². The molecule has 0 aliphatic heterocycles. The van der Waals surface area contributed by atoms with Crippen molar-refractivity contribution >= 4 is 40.7 Å². The molecule has 0 radical (unpaired) electrons. The molecule has 2 aromatic carbocycles. The quantitative estimate of drug-likeness (QED) is 0.707. The van der Waals surface area contributed by atoms with Crippen LogP contribution in [0.25, 0.3) is 0 Å². The minimum Gasteiger partial charge on any atom is -0.495 e. The van der Waals surface area contributed by atoms with Gasteiger partial charge in [0.15, 0.2) is 0 Å². The maximum Gasteiger partial charge on any atom is 0.253 e. The van der Waals surface area contributed by atoms with E-state index in [-0.39, 0.29) is 11.5 Å². The average Bonchev–Trinajstić information content (AvgIpc) is 2.61. The van der Waals surface area contributed by atoms with Crippen molar-refractivity contribution in [3.05, 3.63) is 53.1 Å². The van der Waals surface area contributed by atoms with Crippen molar-refractivity contribution < 1.29 is 19.1 Å². The van der Waals surface area contributed by atoms with E-state index in [1.807, 2.05) is 0 Å². The van der Waals surface area contributed by atoms with Crippen molar-refractivity contribution in [2.24, 2.45) is 0 Å². The van der Waals surface area contributed by atoms with Gasteiger partial charge in [-0.1, -0.05) is 23.7 Å². The third-order valence-electron chi connectivity index (χ3n) is 3.64. The topological polar surface area (TPSA) is 96.5 Å². The molecule has 0 saturated heterocycles. The van der Waals surface area contributed by atoms with Crippen molar-refractivity contribution in [1.82, 2.24) is 5.32 Å². The summed E-state index contributed by atoms with van der Waals surface area (Å²) in [5, 5.41) is 8.21. The van der Waals surface area contributed by atoms with Gasteiger partial charge >= 0.3 is 0 Å². The standard InChI is InChI=1S/C19H20ClN3O4/c1-11(21-19(26)14-6-4-5-7-15(14)20)18(25)23-13-8-9-17(27-3)16(10-13)22-12(2)24/h4-11H,1-3H3,(H,21,26)(H,22,24)(H,23,25). The molecular weight excluding hydrogens is 370 g/mol. The van der Waals surface area contributed by atoms with Crippen molar-refractivity contribution in [3.63, 3.8) is 0 Å². The van der Waals surface area contributed by atoms with E-state index < -0.39 is 17.9 Å². The zero-order valence-corrected chi connectivity index (χ0v) is 15.9. The molecule has 8 heteroatoms. The zero-order chi connectivity index (χ0) is 20.0. The van der Waals surface area contributed by atoms with Crippen LogP contribution >= 0.6 is 11.6 Å². The van der Waals surface area contributed by atoms with E-state index in [2.05, 4.69) is 16.0 Å². The number of amides is 3. The molecule has 0 aromatic heterocycles. The lowest BCUT2D eigenvalue weighted by Gasteiger charge is -2.16. The van der Waals surface area contributed by atoms with Crippen LogP contribution in [0.15, 0.2) is 42.5 Å². The van der Waals surface area contributed by atoms with Crippen molar-refractivity contribution in [1.29, 1.82) is 0 Å². The molecule has 0 heterocycles. The van der Waals surface area contributed by atoms with Crippen molar-refractivity contribution in [2.45, 2.75) is 19.9 Å². The minimum atomic E-state index is -0.805. The predicted molar refractivity (Wildman–Crippen MR) is 104 cm³/mol. The monoisotopic (exact) mass is 389 g/mol. The number of ether oxygens (including phenoxy) is 1. The molecule has 0 aliphatic rings. The van der Waals surface area contributed by atoms with Crippen LogP contribution in [-0.2, 0) is 9.59 Å². The van der Waals surface area contributed by atoms with Gasteiger partial charge in [-0.3, -0.25) is 14.4 Å². The summed E-state index contributed by atoms with van der Waals surface area (Å²) in [5.41, 5.74) is 1.16. The third kappa shape index (κ3) is 5.46. The molecule has 7 nitrogen and oxygen atoms in total. The number of nitrogens with one attached hydrogen (secondary N) is 3. The summed E-state index contributed by atoms with van der Waals surface area (Å²) < 4.78 is 5.17. The maximum absolute atomic E-state index is 12.4. The van der Waals surface area contributed by atoms with Gasteiger partial charge in [0.05, 0.1) is 23.4 Å². The van der Waals surface area contributed by atoms with Crippen molar-refractivity contribution in [2.75, 3.05) is 17.7 Å². The molecule has 3 N–H and O–H groups in total. The van der Waals surface area contributed by atoms with Gasteiger partial charge in [0, 0.05) is 12.6 Å². The van der Waals surface area contributed by atoms with E-state index in [9.17, 15) is 14.4 Å². The average molecular weight is 390 g/mol. The molecule has 142 valence electrons. The summed E-state index contributed by atoms with van der Waals surface area (Å²) >= 11 is 5.99. The molecule has 1 unspecified atom stereocenters. The number of carbonyl (C=O) groups is 3. The van der Waals surface area contributed by atoms with Crippen LogP contribution in [0.4, 0.5) is 11.4 Å². The number of anilines is 2. The lowest BCUT2D eigenvalue weighted by Crippen LogP contribution is -2.41. The summed E-state index contributed by atoms with van der Waals surface area (Å²) in [6, 6.07) is 10.6. The SMILES string of the molecule is COc1ccc(NC(=O)C(C)NC(=O)c2ccccc2Cl)cc1NC(C)=O. The van der Waals surface area contributed by atoms with Gasteiger partial charge in [-0.15, -0.1) is 0 Å². The first-order chi connectivity index (χ1) is 12.8. The second-order valence-corrected chi connectivity index (χ2v) is 6.17. The molecule has 0 spiro atoms. The largest absolute Gasteiger partial charge is 0.495 e. The Kier molecular flexibility index (Phi) is 6.79. The summed E-state index contributed by atoms with van der Waals surface area (Å²) in [4.78, 5) is 35.9. The van der Waals surface area contributed by atoms with E-state index in [4.69, 9.17) is 16.3 Å². The molecule has 0 fully saturated rings. The number of hydrogen-bond donors (Lipinski definition) is 3. The molecule has 0 bridgehead atoms. The first-order valence-electron chi connectivity index (χ1n) is 8.13. The van der Waals surface area contributed by atoms with E-state index in [1.165, 1.54) is 14.0 Å². The Morgan fingerprint density at radius 3 is 2.41 bits per heavy atom. The first kappa shape index (κ1) is 20.3. The van der Waals surface area contributed by atoms with Crippen LogP contribution in [0.5, 0.6) is 5.75 Å². The van der Waals surface area contributed by atoms with Crippen LogP contribution in [0.3, 0.4) is 0 Å². The zero-order valence-electron chi connectivity index (χ0n) is 15.1. The molecule has 0 aliphatic carbocycles. The van der Waals surface area contributed by atoms with E-state index in [0.29, 0.717) is 22.1 Å². The Bertz CT molecular complexity index is 870. The molecule has 0 saturated carbocycles. The van der Waals surface area contributed by atoms with Gasteiger partial charge in [0.25, 0.3) is 5.91 Å². The van der Waals surface area contributed by atoms with E-state index >= 15 is 0 Å². The Morgan fingerprint density at radius 2 is 1.78 bits per heavy atom. The highest BCUT2D eigenvalue weighted by Gasteiger charge is 2.18. The van der Waals surface area contributed by atoms with Gasteiger partial charge in [-0.25, -0.2) is 0 Å². The van der Waals surface area contributed by atoms with Crippen LogP contribution < -0.4 is 20.7 Å². The normalized spacial score (nSPS) is 11.3. The summed E-state index contributed by atoms with van der Waals surface area (Å²) in [5.74, 6) is -0.674. The minimum absolute atomic E-state index is 0.267. The van der Waals surface area contributed by atoms with Gasteiger partial charge in [0.2, 0.25) is 11.8 Å². The van der Waals surface area contributed by atoms with Gasteiger partial charge in [-0.2, -0.15) is 0 Å². The lowest BCUT2D eigenvalue weighted by molar-refractivity contribution is -0.117. The highest BCUT2D eigenvalue weighted by Crippen LogP contribution is 2.27. The maximum atomic E-state index is 12.4. The van der Waals surface area contributed by atoms with Crippen LogP contribution in [0, 0.1) is 0 Å². The third-order valence-corrected chi connectivity index (χ3v) is 3.97.